The summed E-state index contributed by atoms with van der Waals surface area (Å²) >= 11 is 1.49. The average molecular weight is 407 g/mol. The van der Waals surface area contributed by atoms with Crippen LogP contribution in [-0.4, -0.2) is 49.2 Å². The third-order valence-electron chi connectivity index (χ3n) is 5.43. The predicted octanol–water partition coefficient (Wildman–Crippen LogP) is 2.75. The van der Waals surface area contributed by atoms with Gasteiger partial charge < -0.3 is 15.2 Å². The van der Waals surface area contributed by atoms with Gasteiger partial charge in [0.25, 0.3) is 0 Å². The van der Waals surface area contributed by atoms with Crippen LogP contribution >= 0.6 is 11.8 Å². The zero-order valence-electron chi connectivity index (χ0n) is 15.4. The number of benzene rings is 1. The highest BCUT2D eigenvalue weighted by Gasteiger charge is 2.35. The number of aromatic nitrogens is 1. The van der Waals surface area contributed by atoms with Gasteiger partial charge in [-0.05, 0) is 48.9 Å². The van der Waals surface area contributed by atoms with Crippen LogP contribution in [0.4, 0.5) is 0 Å². The van der Waals surface area contributed by atoms with Crippen LogP contribution in [0, 0.1) is 0 Å². The first-order valence-electron chi connectivity index (χ1n) is 9.32. The molecule has 1 unspecified atom stereocenters. The number of hydrogen-bond acceptors (Lipinski definition) is 5. The number of H-pyrrole nitrogens is 1. The summed E-state index contributed by atoms with van der Waals surface area (Å²) in [6, 6.07) is 8.49. The second-order valence-electron chi connectivity index (χ2n) is 7.42. The van der Waals surface area contributed by atoms with E-state index in [2.05, 4.69) is 50.4 Å². The molecule has 2 aromatic rings. The summed E-state index contributed by atoms with van der Waals surface area (Å²) in [6.45, 7) is 2.94. The third kappa shape index (κ3) is 4.34. The van der Waals surface area contributed by atoms with Gasteiger partial charge in [-0.15, -0.1) is 0 Å². The molecule has 0 amide bonds. The molecule has 2 aliphatic heterocycles. The molecule has 1 atom stereocenters. The van der Waals surface area contributed by atoms with Crippen LogP contribution < -0.4 is 10.0 Å². The molecule has 4 rings (SSSR count). The zero-order chi connectivity index (χ0) is 18.9. The lowest BCUT2D eigenvalue weighted by atomic mass is 9.89. The van der Waals surface area contributed by atoms with E-state index < -0.39 is 15.0 Å². The molecule has 1 saturated heterocycles. The number of rotatable bonds is 6. The predicted molar refractivity (Wildman–Crippen MR) is 112 cm³/mol. The maximum atomic E-state index is 11.7. The fraction of sp³-hybridized carbons (Fsp3) is 0.474. The Labute approximate surface area is 164 Å². The van der Waals surface area contributed by atoms with Crippen molar-refractivity contribution >= 4 is 32.7 Å². The standard InChI is InChI=1S/C19H26N4O2S2/c1-27(24,25)22-19(21-9-13-26-19)8-12-23-10-6-15(7-11-23)17-14-20-18-5-3-2-4-16(17)18/h2-5,9,13-15,20-22H,6-8,10-12H2,1H3. The smallest absolute Gasteiger partial charge is 0.211 e. The highest BCUT2D eigenvalue weighted by atomic mass is 32.2. The van der Waals surface area contributed by atoms with E-state index in [1.807, 2.05) is 11.6 Å². The van der Waals surface area contributed by atoms with E-state index in [1.165, 1.54) is 34.5 Å². The van der Waals surface area contributed by atoms with Crippen molar-refractivity contribution in [3.05, 3.63) is 47.6 Å². The van der Waals surface area contributed by atoms with Crippen molar-refractivity contribution in [2.24, 2.45) is 0 Å². The summed E-state index contributed by atoms with van der Waals surface area (Å²) in [4.78, 5) is 5.18. The first kappa shape index (κ1) is 18.9. The largest absolute Gasteiger partial charge is 0.363 e. The van der Waals surface area contributed by atoms with Crippen molar-refractivity contribution in [2.45, 2.75) is 30.2 Å². The van der Waals surface area contributed by atoms with Gasteiger partial charge in [0.05, 0.1) is 6.26 Å². The lowest BCUT2D eigenvalue weighted by molar-refractivity contribution is 0.199. The number of fused-ring (bicyclic) bond motifs is 1. The summed E-state index contributed by atoms with van der Waals surface area (Å²) in [7, 11) is -3.27. The molecule has 0 saturated carbocycles. The maximum Gasteiger partial charge on any atom is 0.211 e. The molecule has 1 aromatic carbocycles. The van der Waals surface area contributed by atoms with Gasteiger partial charge in [-0.1, -0.05) is 30.0 Å². The van der Waals surface area contributed by atoms with Gasteiger partial charge in [-0.2, -0.15) is 4.72 Å². The molecule has 3 heterocycles. The third-order valence-corrected chi connectivity index (χ3v) is 7.38. The first-order chi connectivity index (χ1) is 12.9. The van der Waals surface area contributed by atoms with Crippen LogP contribution in [0.15, 0.2) is 42.1 Å². The van der Waals surface area contributed by atoms with Gasteiger partial charge in [0.15, 0.2) is 4.99 Å². The Hall–Kier alpha value is -1.48. The molecule has 2 aliphatic rings. The second kappa shape index (κ2) is 7.50. The van der Waals surface area contributed by atoms with Crippen molar-refractivity contribution in [1.29, 1.82) is 0 Å². The molecule has 1 fully saturated rings. The number of piperidine rings is 1. The minimum absolute atomic E-state index is 0.584. The Kier molecular flexibility index (Phi) is 5.24. The molecule has 8 heteroatoms. The number of aromatic amines is 1. The topological polar surface area (TPSA) is 77.2 Å². The highest BCUT2D eigenvalue weighted by molar-refractivity contribution is 8.04. The fourth-order valence-corrected chi connectivity index (χ4v) is 6.22. The van der Waals surface area contributed by atoms with Crippen molar-refractivity contribution < 1.29 is 8.42 Å². The number of hydrogen-bond donors (Lipinski definition) is 3. The van der Waals surface area contributed by atoms with E-state index >= 15 is 0 Å². The Morgan fingerprint density at radius 2 is 2.07 bits per heavy atom. The minimum atomic E-state index is -3.27. The molecule has 0 bridgehead atoms. The molecule has 146 valence electrons. The number of likely N-dealkylation sites (tertiary alicyclic amines) is 1. The quantitative estimate of drug-likeness (QED) is 0.688. The lowest BCUT2D eigenvalue weighted by Gasteiger charge is -2.35. The SMILES string of the molecule is CS(=O)(=O)NC1(CCN2CCC(c3c[nH]c4ccccc34)CC2)NC=CS1. The summed E-state index contributed by atoms with van der Waals surface area (Å²) in [5.74, 6) is 0.584. The van der Waals surface area contributed by atoms with Crippen LogP contribution in [-0.2, 0) is 10.0 Å². The van der Waals surface area contributed by atoms with Crippen molar-refractivity contribution in [1.82, 2.24) is 19.9 Å². The Morgan fingerprint density at radius 1 is 1.30 bits per heavy atom. The molecule has 0 aliphatic carbocycles. The number of nitrogens with zero attached hydrogens (tertiary/aromatic N) is 1. The van der Waals surface area contributed by atoms with Gasteiger partial charge in [0.1, 0.15) is 0 Å². The summed E-state index contributed by atoms with van der Waals surface area (Å²) in [5, 5.41) is 6.42. The van der Waals surface area contributed by atoms with Gasteiger partial charge in [0, 0.05) is 36.3 Å². The fourth-order valence-electron chi connectivity index (χ4n) is 4.10. The highest BCUT2D eigenvalue weighted by Crippen LogP contribution is 2.34. The van der Waals surface area contributed by atoms with Gasteiger partial charge >= 0.3 is 0 Å². The monoisotopic (exact) mass is 406 g/mol. The second-order valence-corrected chi connectivity index (χ2v) is 10.4. The van der Waals surface area contributed by atoms with Gasteiger partial charge in [0.2, 0.25) is 10.0 Å². The molecule has 1 aromatic heterocycles. The van der Waals surface area contributed by atoms with Crippen molar-refractivity contribution in [3.63, 3.8) is 0 Å². The lowest BCUT2D eigenvalue weighted by Crippen LogP contribution is -2.54. The average Bonchev–Trinajstić information content (AvgIpc) is 3.26. The van der Waals surface area contributed by atoms with Gasteiger partial charge in [-0.3, -0.25) is 0 Å². The van der Waals surface area contributed by atoms with Crippen LogP contribution in [0.1, 0.15) is 30.7 Å². The van der Waals surface area contributed by atoms with Crippen molar-refractivity contribution in [3.8, 4) is 0 Å². The summed E-state index contributed by atoms with van der Waals surface area (Å²) in [5.41, 5.74) is 2.64. The normalized spacial score (nSPS) is 24.5. The van der Waals surface area contributed by atoms with E-state index in [9.17, 15) is 8.42 Å². The minimum Gasteiger partial charge on any atom is -0.363 e. The molecule has 27 heavy (non-hydrogen) atoms. The van der Waals surface area contributed by atoms with E-state index in [1.54, 1.807) is 0 Å². The molecule has 3 N–H and O–H groups in total. The Morgan fingerprint density at radius 3 is 2.78 bits per heavy atom. The molecule has 6 nitrogen and oxygen atoms in total. The summed E-state index contributed by atoms with van der Waals surface area (Å²) in [6.07, 6.45) is 8.17. The molecule has 0 radical (unpaired) electrons. The van der Waals surface area contributed by atoms with Gasteiger partial charge in [-0.25, -0.2) is 8.42 Å². The first-order valence-corrected chi connectivity index (χ1v) is 12.1. The van der Waals surface area contributed by atoms with Crippen LogP contribution in [0.25, 0.3) is 10.9 Å². The van der Waals surface area contributed by atoms with E-state index in [4.69, 9.17) is 0 Å². The summed E-state index contributed by atoms with van der Waals surface area (Å²) < 4.78 is 26.2. The van der Waals surface area contributed by atoms with E-state index in [-0.39, 0.29) is 0 Å². The van der Waals surface area contributed by atoms with Crippen LogP contribution in [0.3, 0.4) is 0 Å². The number of sulfonamides is 1. The van der Waals surface area contributed by atoms with Crippen molar-refractivity contribution in [2.75, 3.05) is 25.9 Å². The Bertz CT molecular complexity index is 922. The zero-order valence-corrected chi connectivity index (χ0v) is 17.1. The maximum absolute atomic E-state index is 11.7. The van der Waals surface area contributed by atoms with E-state index in [0.29, 0.717) is 5.92 Å². The molecular weight excluding hydrogens is 380 g/mol. The number of thioether (sulfide) groups is 1. The number of para-hydroxylation sites is 1. The van der Waals surface area contributed by atoms with Crippen LogP contribution in [0.5, 0.6) is 0 Å². The molecule has 0 spiro atoms. The van der Waals surface area contributed by atoms with Crippen LogP contribution in [0.2, 0.25) is 0 Å². The Balaban J connectivity index is 1.34. The molecular formula is C19H26N4O2S2. The number of nitrogens with one attached hydrogen (secondary N) is 3. The van der Waals surface area contributed by atoms with E-state index in [0.717, 1.165) is 38.9 Å².